The van der Waals surface area contributed by atoms with Crippen LogP contribution in [0.25, 0.3) is 0 Å². The van der Waals surface area contributed by atoms with Crippen LogP contribution in [0.4, 0.5) is 0 Å². The predicted octanol–water partition coefficient (Wildman–Crippen LogP) is 2.16. The minimum atomic E-state index is -1.03. The van der Waals surface area contributed by atoms with Crippen molar-refractivity contribution in [1.82, 2.24) is 0 Å². The third kappa shape index (κ3) is 4.01. The fraction of sp³-hybridized carbons (Fsp3) is 0.200. The lowest BCUT2D eigenvalue weighted by Crippen LogP contribution is -2.14. The molecule has 0 spiro atoms. The van der Waals surface area contributed by atoms with Gasteiger partial charge < -0.3 is 15.6 Å². The van der Waals surface area contributed by atoms with Gasteiger partial charge in [0.2, 0.25) is 5.91 Å². The van der Waals surface area contributed by atoms with Crippen LogP contribution >= 0.6 is 31.9 Å². The summed E-state index contributed by atoms with van der Waals surface area (Å²) < 4.78 is 6.31. The van der Waals surface area contributed by atoms with E-state index >= 15 is 0 Å². The smallest absolute Gasteiger partial charge is 0.335 e. The van der Waals surface area contributed by atoms with Crippen molar-refractivity contribution in [3.05, 3.63) is 26.6 Å². The Morgan fingerprint density at radius 1 is 1.29 bits per heavy atom. The number of nitrogens with two attached hydrogens (primary N) is 1. The van der Waals surface area contributed by atoms with Crippen LogP contribution in [0.2, 0.25) is 0 Å². The van der Waals surface area contributed by atoms with Crippen LogP contribution in [0.5, 0.6) is 5.75 Å². The van der Waals surface area contributed by atoms with Crippen molar-refractivity contribution in [1.29, 1.82) is 0 Å². The summed E-state index contributed by atoms with van der Waals surface area (Å²) in [5.41, 5.74) is 5.11. The van der Waals surface area contributed by atoms with E-state index in [1.165, 1.54) is 12.1 Å². The zero-order valence-corrected chi connectivity index (χ0v) is 11.7. The van der Waals surface area contributed by atoms with Gasteiger partial charge in [0.1, 0.15) is 5.75 Å². The summed E-state index contributed by atoms with van der Waals surface area (Å²) in [4.78, 5) is 21.3. The Kier molecular flexibility index (Phi) is 4.95. The Labute approximate surface area is 114 Å². The van der Waals surface area contributed by atoms with Gasteiger partial charge in [0.25, 0.3) is 0 Å². The van der Waals surface area contributed by atoms with Gasteiger partial charge in [0.15, 0.2) is 0 Å². The van der Waals surface area contributed by atoms with Crippen LogP contribution in [-0.4, -0.2) is 23.6 Å². The monoisotopic (exact) mass is 365 g/mol. The molecule has 0 heterocycles. The van der Waals surface area contributed by atoms with Crippen molar-refractivity contribution in [2.75, 3.05) is 6.61 Å². The number of primary amides is 1. The zero-order chi connectivity index (χ0) is 13.0. The van der Waals surface area contributed by atoms with Gasteiger partial charge in [-0.2, -0.15) is 0 Å². The highest BCUT2D eigenvalue weighted by Crippen LogP contribution is 2.34. The molecule has 0 unspecified atom stereocenters. The number of carbonyl (C=O) groups is 2. The highest BCUT2D eigenvalue weighted by molar-refractivity contribution is 9.11. The Bertz CT molecular complexity index is 439. The van der Waals surface area contributed by atoms with E-state index < -0.39 is 11.9 Å². The summed E-state index contributed by atoms with van der Waals surface area (Å²) in [5.74, 6) is -1.05. The first-order valence-electron chi connectivity index (χ1n) is 4.55. The maximum Gasteiger partial charge on any atom is 0.335 e. The van der Waals surface area contributed by atoms with Gasteiger partial charge in [-0.1, -0.05) is 0 Å². The van der Waals surface area contributed by atoms with Crippen molar-refractivity contribution < 1.29 is 19.4 Å². The molecule has 0 aliphatic rings. The topological polar surface area (TPSA) is 89.6 Å². The molecule has 0 bridgehead atoms. The lowest BCUT2D eigenvalue weighted by molar-refractivity contribution is -0.118. The predicted molar refractivity (Wildman–Crippen MR) is 68.1 cm³/mol. The normalized spacial score (nSPS) is 10.0. The number of carboxylic acids is 1. The van der Waals surface area contributed by atoms with Crippen molar-refractivity contribution >= 4 is 43.7 Å². The molecule has 17 heavy (non-hydrogen) atoms. The van der Waals surface area contributed by atoms with Gasteiger partial charge in [0.05, 0.1) is 27.5 Å². The molecule has 0 atom stereocenters. The molecule has 0 aliphatic heterocycles. The number of carboxylic acid groups (broad SMARTS) is 1. The van der Waals surface area contributed by atoms with E-state index in [0.29, 0.717) is 14.7 Å². The van der Waals surface area contributed by atoms with Gasteiger partial charge >= 0.3 is 5.97 Å². The molecular formula is C10H9Br2NO4. The van der Waals surface area contributed by atoms with Gasteiger partial charge in [-0.15, -0.1) is 0 Å². The first-order chi connectivity index (χ1) is 7.91. The second kappa shape index (κ2) is 6.02. The summed E-state index contributed by atoms with van der Waals surface area (Å²) in [6.07, 6.45) is 0.0968. The quantitative estimate of drug-likeness (QED) is 0.835. The molecule has 1 rings (SSSR count). The molecule has 1 aromatic carbocycles. The van der Waals surface area contributed by atoms with Crippen molar-refractivity contribution in [2.45, 2.75) is 6.42 Å². The molecular weight excluding hydrogens is 358 g/mol. The number of amides is 1. The van der Waals surface area contributed by atoms with Crippen LogP contribution in [-0.2, 0) is 4.79 Å². The van der Waals surface area contributed by atoms with Crippen LogP contribution in [0.3, 0.4) is 0 Å². The van der Waals surface area contributed by atoms with Crippen LogP contribution in [0.15, 0.2) is 21.1 Å². The highest BCUT2D eigenvalue weighted by Gasteiger charge is 2.12. The number of hydrogen-bond acceptors (Lipinski definition) is 3. The van der Waals surface area contributed by atoms with E-state index in [0.717, 1.165) is 0 Å². The summed E-state index contributed by atoms with van der Waals surface area (Å²) >= 11 is 6.40. The summed E-state index contributed by atoms with van der Waals surface area (Å²) in [6.45, 7) is 0.138. The molecule has 0 saturated carbocycles. The van der Waals surface area contributed by atoms with E-state index in [2.05, 4.69) is 31.9 Å². The number of benzene rings is 1. The fourth-order valence-electron chi connectivity index (χ4n) is 1.07. The molecule has 7 heteroatoms. The molecule has 0 radical (unpaired) electrons. The van der Waals surface area contributed by atoms with E-state index in [1.54, 1.807) is 0 Å². The number of rotatable bonds is 5. The number of halogens is 2. The minimum absolute atomic E-state index is 0.0968. The Hall–Kier alpha value is -1.08. The van der Waals surface area contributed by atoms with E-state index in [9.17, 15) is 9.59 Å². The van der Waals surface area contributed by atoms with E-state index in [4.69, 9.17) is 15.6 Å². The fourth-order valence-corrected chi connectivity index (χ4v) is 2.49. The molecule has 3 N–H and O–H groups in total. The third-order valence-corrected chi connectivity index (χ3v) is 3.02. The second-order valence-corrected chi connectivity index (χ2v) is 4.85. The SMILES string of the molecule is NC(=O)CCOc1c(Br)cc(C(=O)O)cc1Br. The van der Waals surface area contributed by atoms with Gasteiger partial charge in [-0.25, -0.2) is 4.79 Å². The van der Waals surface area contributed by atoms with Crippen molar-refractivity contribution in [3.63, 3.8) is 0 Å². The molecule has 0 fully saturated rings. The maximum atomic E-state index is 10.8. The summed E-state index contributed by atoms with van der Waals surface area (Å²) in [5, 5.41) is 8.83. The summed E-state index contributed by atoms with van der Waals surface area (Å²) in [7, 11) is 0. The molecule has 0 saturated heterocycles. The number of ether oxygens (including phenoxy) is 1. The van der Waals surface area contributed by atoms with E-state index in [1.807, 2.05) is 0 Å². The Balaban J connectivity index is 2.86. The molecule has 92 valence electrons. The Morgan fingerprint density at radius 3 is 2.24 bits per heavy atom. The van der Waals surface area contributed by atoms with Crippen molar-refractivity contribution in [3.8, 4) is 5.75 Å². The molecule has 1 aromatic rings. The van der Waals surface area contributed by atoms with Gasteiger partial charge in [-0.3, -0.25) is 4.79 Å². The average molecular weight is 367 g/mol. The lowest BCUT2D eigenvalue weighted by Gasteiger charge is -2.10. The largest absolute Gasteiger partial charge is 0.491 e. The highest BCUT2D eigenvalue weighted by atomic mass is 79.9. The first-order valence-corrected chi connectivity index (χ1v) is 6.14. The van der Waals surface area contributed by atoms with Crippen LogP contribution in [0.1, 0.15) is 16.8 Å². The Morgan fingerprint density at radius 2 is 1.82 bits per heavy atom. The minimum Gasteiger partial charge on any atom is -0.491 e. The third-order valence-electron chi connectivity index (χ3n) is 1.84. The average Bonchev–Trinajstić information content (AvgIpc) is 2.21. The molecule has 5 nitrogen and oxygen atoms in total. The standard InChI is InChI=1S/C10H9Br2NO4/c11-6-3-5(10(15)16)4-7(12)9(6)17-2-1-8(13)14/h3-4H,1-2H2,(H2,13,14)(H,15,16). The van der Waals surface area contributed by atoms with E-state index in [-0.39, 0.29) is 18.6 Å². The summed E-state index contributed by atoms with van der Waals surface area (Å²) in [6, 6.07) is 2.85. The number of hydrogen-bond donors (Lipinski definition) is 2. The first kappa shape index (κ1) is 14.0. The number of carbonyl (C=O) groups excluding carboxylic acids is 1. The van der Waals surface area contributed by atoms with Crippen LogP contribution < -0.4 is 10.5 Å². The van der Waals surface area contributed by atoms with Gasteiger partial charge in [0, 0.05) is 0 Å². The lowest BCUT2D eigenvalue weighted by atomic mass is 10.2. The van der Waals surface area contributed by atoms with Crippen LogP contribution in [0, 0.1) is 0 Å². The molecule has 0 aliphatic carbocycles. The second-order valence-electron chi connectivity index (χ2n) is 3.14. The zero-order valence-electron chi connectivity index (χ0n) is 8.57. The maximum absolute atomic E-state index is 10.8. The van der Waals surface area contributed by atoms with Gasteiger partial charge in [-0.05, 0) is 44.0 Å². The van der Waals surface area contributed by atoms with Crippen molar-refractivity contribution in [2.24, 2.45) is 5.73 Å². The molecule has 0 aromatic heterocycles. The molecule has 1 amide bonds. The number of aromatic carboxylic acids is 1.